The second kappa shape index (κ2) is 7.05. The molecule has 0 aliphatic heterocycles. The molecule has 0 heterocycles. The van der Waals surface area contributed by atoms with Crippen molar-refractivity contribution in [3.63, 3.8) is 0 Å². The number of nitrogens with one attached hydrogen (secondary N) is 1. The number of carbonyl (C=O) groups is 1. The van der Waals surface area contributed by atoms with Crippen LogP contribution in [0.15, 0.2) is 48.5 Å². The van der Waals surface area contributed by atoms with Gasteiger partial charge in [0.05, 0.1) is 5.69 Å². The predicted molar refractivity (Wildman–Crippen MR) is 64.4 cm³/mol. The van der Waals surface area contributed by atoms with Gasteiger partial charge in [0, 0.05) is 12.1 Å². The van der Waals surface area contributed by atoms with Gasteiger partial charge in [-0.15, -0.1) is 0 Å². The van der Waals surface area contributed by atoms with E-state index in [0.717, 1.165) is 0 Å². The Morgan fingerprint density at radius 2 is 1.26 bits per heavy atom. The Balaban J connectivity index is 0.000000250. The van der Waals surface area contributed by atoms with Crippen molar-refractivity contribution in [2.75, 3.05) is 5.32 Å². The fraction of sp³-hybridized carbons (Fsp3) is 0. The minimum Gasteiger partial charge on any atom is -0.465 e. The Morgan fingerprint density at radius 3 is 1.58 bits per heavy atom. The Bertz CT molecular complexity index is 497. The molecule has 100 valence electrons. The molecule has 19 heavy (non-hydrogen) atoms. The lowest BCUT2D eigenvalue weighted by Crippen LogP contribution is -2.08. The highest BCUT2D eigenvalue weighted by Gasteiger charge is 2.11. The van der Waals surface area contributed by atoms with E-state index in [0.29, 0.717) is 12.1 Å². The number of carboxylic acid groups (broad SMARTS) is 1. The quantitative estimate of drug-likeness (QED) is 0.772. The van der Waals surface area contributed by atoms with Gasteiger partial charge in [0.2, 0.25) is 0 Å². The fourth-order valence-electron chi connectivity index (χ4n) is 1.14. The first-order chi connectivity index (χ1) is 9.00. The van der Waals surface area contributed by atoms with Gasteiger partial charge in [-0.2, -0.15) is 0 Å². The molecule has 0 atom stereocenters. The highest BCUT2D eigenvalue weighted by atomic mass is 19.2. The minimum absolute atomic E-state index is 0.357. The van der Waals surface area contributed by atoms with Crippen molar-refractivity contribution in [1.29, 1.82) is 0 Å². The summed E-state index contributed by atoms with van der Waals surface area (Å²) in [5.41, 5.74) is -0.357. The molecule has 0 saturated heterocycles. The van der Waals surface area contributed by atoms with E-state index < -0.39 is 23.5 Å². The lowest BCUT2D eigenvalue weighted by atomic mass is 10.3. The molecule has 0 radical (unpaired) electrons. The van der Waals surface area contributed by atoms with Crippen LogP contribution in [-0.2, 0) is 0 Å². The van der Waals surface area contributed by atoms with Crippen LogP contribution in [0.4, 0.5) is 23.7 Å². The molecule has 0 spiro atoms. The second-order valence-corrected chi connectivity index (χ2v) is 3.34. The summed E-state index contributed by atoms with van der Waals surface area (Å²) >= 11 is 0. The van der Waals surface area contributed by atoms with Gasteiger partial charge in [-0.05, 0) is 0 Å². The largest absolute Gasteiger partial charge is 0.465 e. The Labute approximate surface area is 107 Å². The standard InChI is InChI=1S/C7H4F3NO2.C6H6/c8-4-1-3(11-7(12)13)2-5(9)6(4)10;1-2-4-6-5-3-1/h1-2,11H,(H,12,13);1-6H. The summed E-state index contributed by atoms with van der Waals surface area (Å²) in [5.74, 6) is -4.51. The van der Waals surface area contributed by atoms with Crippen molar-refractivity contribution in [2.24, 2.45) is 0 Å². The number of hydrogen-bond acceptors (Lipinski definition) is 1. The number of rotatable bonds is 1. The van der Waals surface area contributed by atoms with Crippen LogP contribution in [0.5, 0.6) is 0 Å². The summed E-state index contributed by atoms with van der Waals surface area (Å²) in [6.07, 6.45) is -1.48. The molecule has 6 heteroatoms. The molecule has 0 aliphatic carbocycles. The van der Waals surface area contributed by atoms with Gasteiger partial charge in [0.15, 0.2) is 17.5 Å². The molecule has 0 bridgehead atoms. The molecular formula is C13H10F3NO2. The third-order valence-corrected chi connectivity index (χ3v) is 1.90. The van der Waals surface area contributed by atoms with E-state index in [1.54, 1.807) is 5.32 Å². The van der Waals surface area contributed by atoms with E-state index >= 15 is 0 Å². The Morgan fingerprint density at radius 1 is 0.895 bits per heavy atom. The first-order valence-electron chi connectivity index (χ1n) is 5.15. The van der Waals surface area contributed by atoms with Gasteiger partial charge in [-0.1, -0.05) is 36.4 Å². The molecular weight excluding hydrogens is 259 g/mol. The van der Waals surface area contributed by atoms with E-state index in [1.807, 2.05) is 36.4 Å². The van der Waals surface area contributed by atoms with Crippen LogP contribution in [0.3, 0.4) is 0 Å². The third kappa shape index (κ3) is 5.12. The van der Waals surface area contributed by atoms with E-state index in [2.05, 4.69) is 0 Å². The van der Waals surface area contributed by atoms with E-state index in [-0.39, 0.29) is 5.69 Å². The zero-order chi connectivity index (χ0) is 14.3. The van der Waals surface area contributed by atoms with Crippen molar-refractivity contribution in [3.8, 4) is 0 Å². The summed E-state index contributed by atoms with van der Waals surface area (Å²) < 4.78 is 37.2. The smallest absolute Gasteiger partial charge is 0.409 e. The van der Waals surface area contributed by atoms with Crippen molar-refractivity contribution in [3.05, 3.63) is 66.0 Å². The maximum absolute atomic E-state index is 12.4. The van der Waals surface area contributed by atoms with Gasteiger partial charge in [-0.3, -0.25) is 5.32 Å². The van der Waals surface area contributed by atoms with E-state index in [1.165, 1.54) is 0 Å². The lowest BCUT2D eigenvalue weighted by molar-refractivity contribution is 0.209. The Hall–Kier alpha value is -2.50. The van der Waals surface area contributed by atoms with Gasteiger partial charge >= 0.3 is 6.09 Å². The highest BCUT2D eigenvalue weighted by molar-refractivity contribution is 5.82. The maximum atomic E-state index is 12.4. The molecule has 2 rings (SSSR count). The van der Waals surface area contributed by atoms with Crippen LogP contribution in [0.1, 0.15) is 0 Å². The molecule has 3 nitrogen and oxygen atoms in total. The van der Waals surface area contributed by atoms with Crippen LogP contribution >= 0.6 is 0 Å². The first kappa shape index (κ1) is 14.6. The number of benzene rings is 2. The van der Waals surface area contributed by atoms with Gasteiger partial charge < -0.3 is 5.11 Å². The summed E-state index contributed by atoms with van der Waals surface area (Å²) in [6.45, 7) is 0. The second-order valence-electron chi connectivity index (χ2n) is 3.34. The SMILES string of the molecule is O=C(O)Nc1cc(F)c(F)c(F)c1.c1ccccc1. The van der Waals surface area contributed by atoms with Gasteiger partial charge in [0.25, 0.3) is 0 Å². The van der Waals surface area contributed by atoms with Crippen LogP contribution in [0.2, 0.25) is 0 Å². The minimum atomic E-state index is -1.63. The fourth-order valence-corrected chi connectivity index (χ4v) is 1.14. The van der Waals surface area contributed by atoms with Crippen LogP contribution in [0, 0.1) is 17.5 Å². The molecule has 0 saturated carbocycles. The molecule has 0 unspecified atom stereocenters. The van der Waals surface area contributed by atoms with Crippen molar-refractivity contribution in [2.45, 2.75) is 0 Å². The van der Waals surface area contributed by atoms with Crippen LogP contribution in [0.25, 0.3) is 0 Å². The molecule has 2 N–H and O–H groups in total. The molecule has 2 aromatic carbocycles. The van der Waals surface area contributed by atoms with E-state index in [4.69, 9.17) is 5.11 Å². The molecule has 0 fully saturated rings. The number of anilines is 1. The molecule has 0 aliphatic rings. The zero-order valence-electron chi connectivity index (χ0n) is 9.61. The zero-order valence-corrected chi connectivity index (χ0v) is 9.61. The summed E-state index contributed by atoms with van der Waals surface area (Å²) in [6, 6.07) is 13.1. The van der Waals surface area contributed by atoms with Crippen LogP contribution < -0.4 is 5.32 Å². The Kier molecular flexibility index (Phi) is 5.40. The number of amides is 1. The first-order valence-corrected chi connectivity index (χ1v) is 5.15. The van der Waals surface area contributed by atoms with Gasteiger partial charge in [0.1, 0.15) is 0 Å². The van der Waals surface area contributed by atoms with Crippen molar-refractivity contribution in [1.82, 2.24) is 0 Å². The summed E-state index contributed by atoms with van der Waals surface area (Å²) in [7, 11) is 0. The van der Waals surface area contributed by atoms with Gasteiger partial charge in [-0.25, -0.2) is 18.0 Å². The molecule has 0 aromatic heterocycles. The molecule has 1 amide bonds. The highest BCUT2D eigenvalue weighted by Crippen LogP contribution is 2.16. The van der Waals surface area contributed by atoms with Crippen molar-refractivity contribution >= 4 is 11.8 Å². The topological polar surface area (TPSA) is 49.3 Å². The number of hydrogen-bond donors (Lipinski definition) is 2. The monoisotopic (exact) mass is 269 g/mol. The maximum Gasteiger partial charge on any atom is 0.409 e. The third-order valence-electron chi connectivity index (χ3n) is 1.90. The average molecular weight is 269 g/mol. The number of halogens is 3. The summed E-state index contributed by atoms with van der Waals surface area (Å²) in [5, 5.41) is 9.85. The van der Waals surface area contributed by atoms with E-state index in [9.17, 15) is 18.0 Å². The molecule has 2 aromatic rings. The van der Waals surface area contributed by atoms with Crippen LogP contribution in [-0.4, -0.2) is 11.2 Å². The van der Waals surface area contributed by atoms with Crippen molar-refractivity contribution < 1.29 is 23.1 Å². The average Bonchev–Trinajstić information content (AvgIpc) is 2.38. The lowest BCUT2D eigenvalue weighted by Gasteiger charge is -2.01. The predicted octanol–water partition coefficient (Wildman–Crippen LogP) is 3.88. The summed E-state index contributed by atoms with van der Waals surface area (Å²) in [4.78, 5) is 10.0. The normalized spacial score (nSPS) is 9.21.